The Morgan fingerprint density at radius 3 is 2.93 bits per heavy atom. The highest BCUT2D eigenvalue weighted by molar-refractivity contribution is 7.09. The molecule has 0 aliphatic rings. The van der Waals surface area contributed by atoms with Crippen molar-refractivity contribution in [2.75, 3.05) is 12.4 Å². The fourth-order valence-corrected chi connectivity index (χ4v) is 1.53. The van der Waals surface area contributed by atoms with Crippen LogP contribution in [0.25, 0.3) is 11.4 Å². The van der Waals surface area contributed by atoms with Gasteiger partial charge in [0.25, 0.3) is 0 Å². The van der Waals surface area contributed by atoms with E-state index < -0.39 is 0 Å². The van der Waals surface area contributed by atoms with Crippen LogP contribution in [0.15, 0.2) is 23.1 Å². The number of rotatable bonds is 2. The Kier molecular flexibility index (Phi) is 2.28. The van der Waals surface area contributed by atoms with Crippen LogP contribution < -0.4 is 10.9 Å². The quantitative estimate of drug-likeness (QED) is 0.770. The second-order valence-corrected chi connectivity index (χ2v) is 3.37. The SMILES string of the molecule is CNc1nc(-c2ccc(=O)[nH]c2)ns1. The first-order valence-electron chi connectivity index (χ1n) is 4.00. The number of pyridine rings is 1. The van der Waals surface area contributed by atoms with Crippen LogP contribution in [-0.4, -0.2) is 21.4 Å². The number of nitrogens with one attached hydrogen (secondary N) is 2. The molecule has 72 valence electrons. The van der Waals surface area contributed by atoms with Crippen molar-refractivity contribution in [2.45, 2.75) is 0 Å². The van der Waals surface area contributed by atoms with E-state index in [0.717, 1.165) is 10.7 Å². The van der Waals surface area contributed by atoms with Gasteiger partial charge in [-0.05, 0) is 6.07 Å². The summed E-state index contributed by atoms with van der Waals surface area (Å²) in [5, 5.41) is 3.66. The van der Waals surface area contributed by atoms with E-state index in [-0.39, 0.29) is 5.56 Å². The maximum atomic E-state index is 10.8. The molecule has 0 spiro atoms. The number of nitrogens with zero attached hydrogens (tertiary/aromatic N) is 2. The van der Waals surface area contributed by atoms with Crippen LogP contribution in [0, 0.1) is 0 Å². The minimum Gasteiger partial charge on any atom is -0.363 e. The van der Waals surface area contributed by atoms with Gasteiger partial charge in [-0.3, -0.25) is 4.79 Å². The summed E-state index contributed by atoms with van der Waals surface area (Å²) >= 11 is 1.28. The Morgan fingerprint density at radius 2 is 2.36 bits per heavy atom. The molecule has 2 aromatic rings. The van der Waals surface area contributed by atoms with Crippen molar-refractivity contribution >= 4 is 16.7 Å². The lowest BCUT2D eigenvalue weighted by Gasteiger charge is -1.92. The second kappa shape index (κ2) is 3.59. The molecule has 0 unspecified atom stereocenters. The van der Waals surface area contributed by atoms with Gasteiger partial charge in [0.05, 0.1) is 0 Å². The van der Waals surface area contributed by atoms with Crippen LogP contribution in [0.3, 0.4) is 0 Å². The van der Waals surface area contributed by atoms with Gasteiger partial charge in [-0.25, -0.2) is 0 Å². The molecule has 6 heteroatoms. The molecule has 0 aliphatic carbocycles. The molecule has 0 aromatic carbocycles. The van der Waals surface area contributed by atoms with E-state index in [1.54, 1.807) is 19.3 Å². The maximum absolute atomic E-state index is 10.8. The van der Waals surface area contributed by atoms with E-state index in [4.69, 9.17) is 0 Å². The standard InChI is InChI=1S/C8H8N4OS/c1-9-8-11-7(12-14-8)5-2-3-6(13)10-4-5/h2-4H,1H3,(H,10,13)(H,9,11,12). The zero-order chi connectivity index (χ0) is 9.97. The lowest BCUT2D eigenvalue weighted by atomic mass is 10.3. The molecule has 0 saturated heterocycles. The Balaban J connectivity index is 2.39. The Morgan fingerprint density at radius 1 is 1.50 bits per heavy atom. The molecular formula is C8H8N4OS. The fraction of sp³-hybridized carbons (Fsp3) is 0.125. The Hall–Kier alpha value is -1.69. The molecular weight excluding hydrogens is 200 g/mol. The highest BCUT2D eigenvalue weighted by Gasteiger charge is 2.04. The summed E-state index contributed by atoms with van der Waals surface area (Å²) in [7, 11) is 1.79. The van der Waals surface area contributed by atoms with E-state index in [0.29, 0.717) is 5.82 Å². The molecule has 2 aromatic heterocycles. The van der Waals surface area contributed by atoms with Crippen molar-refractivity contribution in [3.05, 3.63) is 28.7 Å². The van der Waals surface area contributed by atoms with Gasteiger partial charge in [0, 0.05) is 36.4 Å². The largest absolute Gasteiger partial charge is 0.363 e. The summed E-state index contributed by atoms with van der Waals surface area (Å²) in [5.74, 6) is 0.621. The molecule has 0 atom stereocenters. The van der Waals surface area contributed by atoms with E-state index in [2.05, 4.69) is 19.7 Å². The van der Waals surface area contributed by atoms with Crippen molar-refractivity contribution in [1.82, 2.24) is 14.3 Å². The number of H-pyrrole nitrogens is 1. The summed E-state index contributed by atoms with van der Waals surface area (Å²) in [6, 6.07) is 3.15. The van der Waals surface area contributed by atoms with Crippen LogP contribution in [-0.2, 0) is 0 Å². The van der Waals surface area contributed by atoms with Crippen LogP contribution in [0.2, 0.25) is 0 Å². The number of aromatic amines is 1. The zero-order valence-corrected chi connectivity index (χ0v) is 8.26. The first-order valence-corrected chi connectivity index (χ1v) is 4.77. The van der Waals surface area contributed by atoms with Gasteiger partial charge < -0.3 is 10.3 Å². The zero-order valence-electron chi connectivity index (χ0n) is 7.44. The van der Waals surface area contributed by atoms with Crippen molar-refractivity contribution in [2.24, 2.45) is 0 Å². The average Bonchev–Trinajstić information content (AvgIpc) is 2.67. The third kappa shape index (κ3) is 1.64. The molecule has 0 amide bonds. The summed E-state index contributed by atoms with van der Waals surface area (Å²) in [5.41, 5.74) is 0.681. The number of hydrogen-bond acceptors (Lipinski definition) is 5. The first kappa shape index (κ1) is 8.89. The Bertz CT molecular complexity index is 470. The highest BCUT2D eigenvalue weighted by atomic mass is 32.1. The van der Waals surface area contributed by atoms with Crippen molar-refractivity contribution in [1.29, 1.82) is 0 Å². The van der Waals surface area contributed by atoms with E-state index >= 15 is 0 Å². The molecule has 2 N–H and O–H groups in total. The monoisotopic (exact) mass is 208 g/mol. The Labute approximate surface area is 84.0 Å². The van der Waals surface area contributed by atoms with Crippen molar-refractivity contribution < 1.29 is 0 Å². The summed E-state index contributed by atoms with van der Waals surface area (Å²) in [6.07, 6.45) is 1.60. The molecule has 0 radical (unpaired) electrons. The van der Waals surface area contributed by atoms with Gasteiger partial charge in [-0.15, -0.1) is 0 Å². The predicted octanol–water partition coefficient (Wildman–Crippen LogP) is 0.935. The third-order valence-corrected chi connectivity index (χ3v) is 2.41. The normalized spacial score (nSPS) is 10.1. The predicted molar refractivity (Wildman–Crippen MR) is 55.5 cm³/mol. The van der Waals surface area contributed by atoms with Crippen LogP contribution in [0.4, 0.5) is 5.13 Å². The first-order chi connectivity index (χ1) is 6.79. The van der Waals surface area contributed by atoms with Crippen LogP contribution in [0.5, 0.6) is 0 Å². The summed E-state index contributed by atoms with van der Waals surface area (Å²) < 4.78 is 4.13. The van der Waals surface area contributed by atoms with Gasteiger partial charge in [0.15, 0.2) is 5.82 Å². The van der Waals surface area contributed by atoms with Gasteiger partial charge in [0.2, 0.25) is 10.7 Å². The topological polar surface area (TPSA) is 70.7 Å². The number of hydrogen-bond donors (Lipinski definition) is 2. The summed E-state index contributed by atoms with van der Waals surface area (Å²) in [4.78, 5) is 17.6. The molecule has 0 fully saturated rings. The summed E-state index contributed by atoms with van der Waals surface area (Å²) in [6.45, 7) is 0. The lowest BCUT2D eigenvalue weighted by Crippen LogP contribution is -2.01. The molecule has 0 bridgehead atoms. The molecule has 0 saturated carbocycles. The molecule has 0 aliphatic heterocycles. The van der Waals surface area contributed by atoms with Gasteiger partial charge in [0.1, 0.15) is 0 Å². The van der Waals surface area contributed by atoms with E-state index in [1.807, 2.05) is 0 Å². The molecule has 14 heavy (non-hydrogen) atoms. The minimum absolute atomic E-state index is 0.127. The number of anilines is 1. The van der Waals surface area contributed by atoms with Crippen LogP contribution in [0.1, 0.15) is 0 Å². The molecule has 2 heterocycles. The maximum Gasteiger partial charge on any atom is 0.247 e. The van der Waals surface area contributed by atoms with Gasteiger partial charge in [-0.2, -0.15) is 9.36 Å². The lowest BCUT2D eigenvalue weighted by molar-refractivity contribution is 1.21. The van der Waals surface area contributed by atoms with Crippen LogP contribution >= 0.6 is 11.5 Å². The average molecular weight is 208 g/mol. The smallest absolute Gasteiger partial charge is 0.247 e. The van der Waals surface area contributed by atoms with E-state index in [9.17, 15) is 4.79 Å². The molecule has 2 rings (SSSR count). The molecule has 5 nitrogen and oxygen atoms in total. The van der Waals surface area contributed by atoms with Crippen molar-refractivity contribution in [3.63, 3.8) is 0 Å². The second-order valence-electron chi connectivity index (χ2n) is 2.61. The minimum atomic E-state index is -0.127. The van der Waals surface area contributed by atoms with E-state index in [1.165, 1.54) is 17.6 Å². The van der Waals surface area contributed by atoms with Gasteiger partial charge >= 0.3 is 0 Å². The van der Waals surface area contributed by atoms with Crippen molar-refractivity contribution in [3.8, 4) is 11.4 Å². The fourth-order valence-electron chi connectivity index (χ4n) is 0.992. The number of aromatic nitrogens is 3. The highest BCUT2D eigenvalue weighted by Crippen LogP contribution is 2.18. The third-order valence-electron chi connectivity index (χ3n) is 1.68. The van der Waals surface area contributed by atoms with Gasteiger partial charge in [-0.1, -0.05) is 0 Å².